The van der Waals surface area contributed by atoms with Crippen LogP contribution in [0.15, 0.2) is 55.1 Å². The van der Waals surface area contributed by atoms with E-state index < -0.39 is 0 Å². The second-order valence-corrected chi connectivity index (χ2v) is 7.26. The molecule has 4 nitrogen and oxygen atoms in total. The van der Waals surface area contributed by atoms with Crippen molar-refractivity contribution in [1.29, 1.82) is 0 Å². The number of imidazole rings is 1. The number of anilines is 1. The summed E-state index contributed by atoms with van der Waals surface area (Å²) >= 11 is 0. The number of allylic oxidation sites excluding steroid dienone is 1. The minimum Gasteiger partial charge on any atom is -0.507 e. The monoisotopic (exact) mass is 377 g/mol. The minimum atomic E-state index is 0.345. The van der Waals surface area contributed by atoms with Gasteiger partial charge < -0.3 is 15.0 Å². The minimum absolute atomic E-state index is 0.345. The van der Waals surface area contributed by atoms with Gasteiger partial charge in [-0.05, 0) is 30.5 Å². The molecule has 0 saturated carbocycles. The number of phenols is 1. The van der Waals surface area contributed by atoms with Crippen LogP contribution in [0.2, 0.25) is 0 Å². The zero-order chi connectivity index (χ0) is 19.8. The molecule has 2 N–H and O–H groups in total. The fourth-order valence-electron chi connectivity index (χ4n) is 3.59. The van der Waals surface area contributed by atoms with E-state index in [4.69, 9.17) is 4.98 Å². The fraction of sp³-hybridized carbons (Fsp3) is 0.375. The maximum Gasteiger partial charge on any atom is 0.204 e. The molecule has 0 aliphatic rings. The zero-order valence-corrected chi connectivity index (χ0v) is 16.8. The van der Waals surface area contributed by atoms with Gasteiger partial charge in [-0.15, -0.1) is 6.58 Å². The van der Waals surface area contributed by atoms with Crippen molar-refractivity contribution in [3.05, 3.63) is 66.2 Å². The van der Waals surface area contributed by atoms with Crippen LogP contribution >= 0.6 is 0 Å². The van der Waals surface area contributed by atoms with Gasteiger partial charge in [0.1, 0.15) is 5.75 Å². The SMILES string of the molecule is C=CCc1cccc(CNc2nc3ccccc3n2CCCCCCC)c1O. The van der Waals surface area contributed by atoms with Gasteiger partial charge >= 0.3 is 0 Å². The summed E-state index contributed by atoms with van der Waals surface area (Å²) in [5, 5.41) is 14.0. The third kappa shape index (κ3) is 4.75. The molecule has 0 aliphatic carbocycles. The number of phenolic OH excluding ortho intramolecular Hbond substituents is 1. The summed E-state index contributed by atoms with van der Waals surface area (Å²) in [6, 6.07) is 14.1. The van der Waals surface area contributed by atoms with Crippen molar-refractivity contribution in [2.75, 3.05) is 5.32 Å². The number of hydrogen-bond donors (Lipinski definition) is 2. The van der Waals surface area contributed by atoms with Crippen LogP contribution < -0.4 is 5.32 Å². The molecule has 1 aromatic heterocycles. The average molecular weight is 378 g/mol. The van der Waals surface area contributed by atoms with Crippen molar-refractivity contribution in [2.45, 2.75) is 58.5 Å². The molecule has 1 heterocycles. The molecular weight excluding hydrogens is 346 g/mol. The standard InChI is InChI=1S/C24H31N3O/c1-3-5-6-7-10-17-27-22-16-9-8-15-21(22)26-24(27)25-18-20-14-11-13-19(12-4-2)23(20)28/h4,8-9,11,13-16,28H,2-3,5-7,10,12,17-18H2,1H3,(H,25,26). The number of unbranched alkanes of at least 4 members (excludes halogenated alkanes) is 4. The highest BCUT2D eigenvalue weighted by molar-refractivity contribution is 5.78. The summed E-state index contributed by atoms with van der Waals surface area (Å²) in [6.07, 6.45) is 8.71. The number of aromatic hydroxyl groups is 1. The Bertz CT molecular complexity index is 913. The number of nitrogens with one attached hydrogen (secondary N) is 1. The Labute approximate surface area is 167 Å². The molecule has 0 unspecified atom stereocenters. The Hall–Kier alpha value is -2.75. The maximum atomic E-state index is 10.5. The van der Waals surface area contributed by atoms with Crippen molar-refractivity contribution in [3.8, 4) is 5.75 Å². The number of fused-ring (bicyclic) bond motifs is 1. The van der Waals surface area contributed by atoms with Gasteiger partial charge in [-0.3, -0.25) is 0 Å². The molecule has 0 fully saturated rings. The van der Waals surface area contributed by atoms with Crippen molar-refractivity contribution in [1.82, 2.24) is 9.55 Å². The zero-order valence-electron chi connectivity index (χ0n) is 16.8. The molecule has 3 rings (SSSR count). The number of para-hydroxylation sites is 3. The van der Waals surface area contributed by atoms with Crippen LogP contribution in [-0.2, 0) is 19.5 Å². The Morgan fingerprint density at radius 2 is 1.82 bits per heavy atom. The van der Waals surface area contributed by atoms with E-state index >= 15 is 0 Å². The number of rotatable bonds is 11. The van der Waals surface area contributed by atoms with Crippen molar-refractivity contribution < 1.29 is 5.11 Å². The number of aryl methyl sites for hydroxylation is 1. The molecule has 0 amide bonds. The van der Waals surface area contributed by atoms with E-state index in [1.807, 2.05) is 30.3 Å². The predicted octanol–water partition coefficient (Wildman–Crippen LogP) is 6.05. The first kappa shape index (κ1) is 20.0. The van der Waals surface area contributed by atoms with Gasteiger partial charge in [0, 0.05) is 18.7 Å². The summed E-state index contributed by atoms with van der Waals surface area (Å²) < 4.78 is 2.27. The van der Waals surface area contributed by atoms with Crippen LogP contribution in [0.1, 0.15) is 50.2 Å². The third-order valence-corrected chi connectivity index (χ3v) is 5.14. The summed E-state index contributed by atoms with van der Waals surface area (Å²) in [6.45, 7) is 7.50. The predicted molar refractivity (Wildman–Crippen MR) is 118 cm³/mol. The number of aromatic nitrogens is 2. The van der Waals surface area contributed by atoms with Crippen LogP contribution in [-0.4, -0.2) is 14.7 Å². The Kier molecular flexibility index (Phi) is 7.12. The van der Waals surface area contributed by atoms with E-state index in [-0.39, 0.29) is 0 Å². The number of hydrogen-bond acceptors (Lipinski definition) is 3. The van der Waals surface area contributed by atoms with Gasteiger partial charge in [-0.2, -0.15) is 0 Å². The summed E-state index contributed by atoms with van der Waals surface area (Å²) in [7, 11) is 0. The summed E-state index contributed by atoms with van der Waals surface area (Å²) in [5.41, 5.74) is 3.94. The average Bonchev–Trinajstić information content (AvgIpc) is 3.06. The highest BCUT2D eigenvalue weighted by Gasteiger charge is 2.12. The van der Waals surface area contributed by atoms with Gasteiger partial charge in [-0.25, -0.2) is 4.98 Å². The quantitative estimate of drug-likeness (QED) is 0.316. The number of benzene rings is 2. The lowest BCUT2D eigenvalue weighted by Gasteiger charge is -2.13. The lowest BCUT2D eigenvalue weighted by atomic mass is 10.1. The van der Waals surface area contributed by atoms with Gasteiger partial charge in [0.25, 0.3) is 0 Å². The normalized spacial score (nSPS) is 11.0. The summed E-state index contributed by atoms with van der Waals surface area (Å²) in [4.78, 5) is 4.79. The van der Waals surface area contributed by atoms with E-state index in [0.717, 1.165) is 41.1 Å². The summed E-state index contributed by atoms with van der Waals surface area (Å²) in [5.74, 6) is 1.21. The van der Waals surface area contributed by atoms with Gasteiger partial charge in [0.15, 0.2) is 0 Å². The van der Waals surface area contributed by atoms with Gasteiger partial charge in [0.05, 0.1) is 11.0 Å². The molecule has 0 spiro atoms. The smallest absolute Gasteiger partial charge is 0.204 e. The topological polar surface area (TPSA) is 50.1 Å². The van der Waals surface area contributed by atoms with Crippen molar-refractivity contribution in [3.63, 3.8) is 0 Å². The van der Waals surface area contributed by atoms with Gasteiger partial charge in [-0.1, -0.05) is 69.0 Å². The first-order chi connectivity index (χ1) is 13.7. The Morgan fingerprint density at radius 3 is 2.64 bits per heavy atom. The molecule has 4 heteroatoms. The first-order valence-corrected chi connectivity index (χ1v) is 10.3. The molecule has 2 aromatic carbocycles. The van der Waals surface area contributed by atoms with E-state index in [2.05, 4.69) is 41.6 Å². The number of nitrogens with zero attached hydrogens (tertiary/aromatic N) is 2. The molecule has 3 aromatic rings. The van der Waals surface area contributed by atoms with E-state index in [9.17, 15) is 5.11 Å². The van der Waals surface area contributed by atoms with Crippen LogP contribution in [0.3, 0.4) is 0 Å². The molecule has 28 heavy (non-hydrogen) atoms. The van der Waals surface area contributed by atoms with E-state index in [1.165, 1.54) is 25.7 Å². The van der Waals surface area contributed by atoms with Crippen LogP contribution in [0, 0.1) is 0 Å². The van der Waals surface area contributed by atoms with Crippen LogP contribution in [0.5, 0.6) is 5.75 Å². The first-order valence-electron chi connectivity index (χ1n) is 10.3. The third-order valence-electron chi connectivity index (χ3n) is 5.14. The van der Waals surface area contributed by atoms with E-state index in [1.54, 1.807) is 0 Å². The molecule has 0 bridgehead atoms. The molecule has 0 atom stereocenters. The Morgan fingerprint density at radius 1 is 1.04 bits per heavy atom. The van der Waals surface area contributed by atoms with Crippen molar-refractivity contribution >= 4 is 17.0 Å². The lowest BCUT2D eigenvalue weighted by Crippen LogP contribution is -2.08. The van der Waals surface area contributed by atoms with Crippen LogP contribution in [0.4, 0.5) is 5.95 Å². The molecule has 0 aliphatic heterocycles. The highest BCUT2D eigenvalue weighted by atomic mass is 16.3. The lowest BCUT2D eigenvalue weighted by molar-refractivity contribution is 0.463. The second-order valence-electron chi connectivity index (χ2n) is 7.26. The van der Waals surface area contributed by atoms with Crippen LogP contribution in [0.25, 0.3) is 11.0 Å². The molecule has 148 valence electrons. The van der Waals surface area contributed by atoms with Gasteiger partial charge in [0.2, 0.25) is 5.95 Å². The van der Waals surface area contributed by atoms with E-state index in [0.29, 0.717) is 18.7 Å². The second kappa shape index (κ2) is 9.98. The van der Waals surface area contributed by atoms with Crippen molar-refractivity contribution in [2.24, 2.45) is 0 Å². The highest BCUT2D eigenvalue weighted by Crippen LogP contribution is 2.26. The molecule has 0 radical (unpaired) electrons. The maximum absolute atomic E-state index is 10.5. The fourth-order valence-corrected chi connectivity index (χ4v) is 3.59. The Balaban J connectivity index is 1.76. The molecule has 0 saturated heterocycles. The largest absolute Gasteiger partial charge is 0.507 e. The molecular formula is C24H31N3O.